The third-order valence-electron chi connectivity index (χ3n) is 12.5. The van der Waals surface area contributed by atoms with Crippen LogP contribution in [0.4, 0.5) is 0 Å². The summed E-state index contributed by atoms with van der Waals surface area (Å²) in [6.07, 6.45) is 35.3. The van der Waals surface area contributed by atoms with Crippen LogP contribution in [0.5, 0.6) is 11.5 Å². The molecule has 2 aromatic carbocycles. The molecule has 0 fully saturated rings. The summed E-state index contributed by atoms with van der Waals surface area (Å²) in [5.41, 5.74) is 12.4. The number of aliphatic carboxylic acids is 4. The number of benzene rings is 2. The van der Waals surface area contributed by atoms with Gasteiger partial charge in [0, 0.05) is 95.7 Å². The van der Waals surface area contributed by atoms with Crippen LogP contribution in [0.1, 0.15) is 144 Å². The maximum atomic E-state index is 8.89. The van der Waals surface area contributed by atoms with Crippen molar-refractivity contribution in [1.82, 2.24) is 29.9 Å². The van der Waals surface area contributed by atoms with Crippen molar-refractivity contribution >= 4 is 23.9 Å². The second-order valence-corrected chi connectivity index (χ2v) is 19.9. The minimum absolute atomic E-state index is 0. The Labute approximate surface area is 545 Å². The molecule has 0 spiro atoms. The SMILES string of the molecule is CC(=O)[O-].CC(=O)[O-].CC(=O)[O-].CC(=O)[O-].CCCCCCCCCCOc1ccc(-c2cc(-c3ccncc3)nc(-c3ccncc3)c2)cc1.CCCCCCCCCCOc1ccc(-c2cc(-c3ccncc3)nc(-c3ccncc3)c2)cc1.[Zn+2].[Zn+2]. The average molecular weight is 1300 g/mol. The molecule has 6 aromatic heterocycles. The Morgan fingerprint density at radius 1 is 0.307 bits per heavy atom. The van der Waals surface area contributed by atoms with Crippen LogP contribution in [-0.2, 0) is 58.1 Å². The molecular formula is C70H82N6O10Zn2. The van der Waals surface area contributed by atoms with E-state index in [1.54, 1.807) is 49.6 Å². The standard InChI is InChI=1S/2C31H35N3O.4C2H4O2.2Zn/c2*1-2-3-4-5-6-7-8-9-22-35-29-12-10-25(11-13-29)28-23-30(26-14-18-32-19-15-26)34-31(24-28)27-16-20-33-21-17-27;4*1-2(3)4;;/h2*10-21,23-24H,2-9,22H2,1H3;4*1H3,(H,3,4);;/q;;;;;;2*+2/p-4. The van der Waals surface area contributed by atoms with Crippen molar-refractivity contribution in [3.8, 4) is 78.8 Å². The van der Waals surface area contributed by atoms with E-state index in [9.17, 15) is 0 Å². The van der Waals surface area contributed by atoms with Gasteiger partial charge in [0.15, 0.2) is 0 Å². The zero-order valence-electron chi connectivity index (χ0n) is 52.1. The Bertz CT molecular complexity index is 2760. The number of nitrogens with zero attached hydrogens (tertiary/aromatic N) is 6. The Morgan fingerprint density at radius 2 is 0.511 bits per heavy atom. The van der Waals surface area contributed by atoms with E-state index in [1.807, 2.05) is 48.5 Å². The van der Waals surface area contributed by atoms with Gasteiger partial charge in [-0.15, -0.1) is 0 Å². The van der Waals surface area contributed by atoms with Gasteiger partial charge in [-0.25, -0.2) is 9.97 Å². The van der Waals surface area contributed by atoms with Crippen molar-refractivity contribution in [2.75, 3.05) is 13.2 Å². The third-order valence-corrected chi connectivity index (χ3v) is 12.5. The van der Waals surface area contributed by atoms with Crippen molar-refractivity contribution in [2.45, 2.75) is 144 Å². The average Bonchev–Trinajstić information content (AvgIpc) is 3.64. The van der Waals surface area contributed by atoms with Crippen LogP contribution < -0.4 is 29.9 Å². The van der Waals surface area contributed by atoms with Crippen LogP contribution in [-0.4, -0.2) is 67.0 Å². The molecule has 0 amide bonds. The molecule has 18 heteroatoms. The first-order chi connectivity index (χ1) is 41.6. The number of hydrogen-bond acceptors (Lipinski definition) is 16. The number of aromatic nitrogens is 6. The summed E-state index contributed by atoms with van der Waals surface area (Å²) in [6.45, 7) is 9.98. The molecule has 8 rings (SSSR count). The van der Waals surface area contributed by atoms with Crippen LogP contribution >= 0.6 is 0 Å². The van der Waals surface area contributed by atoms with Gasteiger partial charge in [-0.1, -0.05) is 128 Å². The van der Waals surface area contributed by atoms with E-state index < -0.39 is 23.9 Å². The van der Waals surface area contributed by atoms with Crippen LogP contribution in [0, 0.1) is 0 Å². The quantitative estimate of drug-likeness (QED) is 0.0361. The molecule has 0 aliphatic carbocycles. The topological polar surface area (TPSA) is 256 Å². The van der Waals surface area contributed by atoms with Crippen LogP contribution in [0.3, 0.4) is 0 Å². The molecule has 0 aliphatic rings. The normalized spacial score (nSPS) is 9.80. The number of rotatable bonds is 26. The summed E-state index contributed by atoms with van der Waals surface area (Å²) in [7, 11) is 0. The maximum absolute atomic E-state index is 8.89. The van der Waals surface area contributed by atoms with Gasteiger partial charge < -0.3 is 49.1 Å². The first-order valence-corrected chi connectivity index (χ1v) is 29.4. The number of pyridine rings is 6. The summed E-state index contributed by atoms with van der Waals surface area (Å²) in [6, 6.07) is 41.3. The molecule has 0 saturated carbocycles. The Hall–Kier alpha value is -7.93. The van der Waals surface area contributed by atoms with Crippen molar-refractivity contribution < 1.29 is 88.0 Å². The summed E-state index contributed by atoms with van der Waals surface area (Å²) >= 11 is 0. The molecular weight excluding hydrogens is 1220 g/mol. The molecule has 0 unspecified atom stereocenters. The molecule has 0 aliphatic heterocycles. The van der Waals surface area contributed by atoms with E-state index in [-0.39, 0.29) is 39.0 Å². The van der Waals surface area contributed by atoms with Gasteiger partial charge in [0.25, 0.3) is 0 Å². The molecule has 0 radical (unpaired) electrons. The fourth-order valence-corrected chi connectivity index (χ4v) is 8.42. The van der Waals surface area contributed by atoms with E-state index in [4.69, 9.17) is 59.0 Å². The van der Waals surface area contributed by atoms with Gasteiger partial charge >= 0.3 is 39.0 Å². The number of hydrogen-bond donors (Lipinski definition) is 0. The monoisotopic (exact) mass is 1290 g/mol. The predicted molar refractivity (Wildman–Crippen MR) is 331 cm³/mol. The third kappa shape index (κ3) is 35.6. The molecule has 0 saturated heterocycles. The van der Waals surface area contributed by atoms with Crippen LogP contribution in [0.2, 0.25) is 0 Å². The predicted octanol–water partition coefficient (Wildman–Crippen LogP) is 11.8. The van der Waals surface area contributed by atoms with Crippen molar-refractivity contribution in [3.63, 3.8) is 0 Å². The number of carbonyl (C=O) groups excluding carboxylic acids is 4. The van der Waals surface area contributed by atoms with E-state index in [0.29, 0.717) is 0 Å². The minimum Gasteiger partial charge on any atom is -0.550 e. The van der Waals surface area contributed by atoms with E-state index in [2.05, 4.69) is 107 Å². The van der Waals surface area contributed by atoms with Crippen LogP contribution in [0.25, 0.3) is 67.3 Å². The molecule has 88 heavy (non-hydrogen) atoms. The van der Waals surface area contributed by atoms with E-state index >= 15 is 0 Å². The minimum atomic E-state index is -1.08. The Morgan fingerprint density at radius 3 is 0.727 bits per heavy atom. The Kier molecular flexibility index (Phi) is 42.7. The van der Waals surface area contributed by atoms with Crippen molar-refractivity contribution in [1.29, 1.82) is 0 Å². The zero-order valence-corrected chi connectivity index (χ0v) is 58.0. The molecule has 0 atom stereocenters. The van der Waals surface area contributed by atoms with Gasteiger partial charge in [-0.2, -0.15) is 0 Å². The first-order valence-electron chi connectivity index (χ1n) is 29.4. The second kappa shape index (κ2) is 48.1. The van der Waals surface area contributed by atoms with Gasteiger partial charge in [-0.3, -0.25) is 19.9 Å². The summed E-state index contributed by atoms with van der Waals surface area (Å²) < 4.78 is 12.0. The number of unbranched alkanes of at least 4 members (excludes halogenated alkanes) is 14. The summed E-state index contributed by atoms with van der Waals surface area (Å²) in [5.74, 6) is -2.48. The summed E-state index contributed by atoms with van der Waals surface area (Å²) in [4.78, 5) is 62.0. The van der Waals surface area contributed by atoms with Gasteiger partial charge in [0.2, 0.25) is 0 Å². The molecule has 8 aromatic rings. The second-order valence-electron chi connectivity index (χ2n) is 19.9. The number of carboxylic acids is 4. The first kappa shape index (κ1) is 78.1. The molecule has 6 heterocycles. The number of ether oxygens (including phenoxy) is 2. The number of carbonyl (C=O) groups is 4. The smallest absolute Gasteiger partial charge is 0.550 e. The van der Waals surface area contributed by atoms with E-state index in [1.165, 1.54) is 89.9 Å². The Balaban J connectivity index is 0.000000694. The zero-order chi connectivity index (χ0) is 62.6. The maximum Gasteiger partial charge on any atom is 2.00 e. The fourth-order valence-electron chi connectivity index (χ4n) is 8.42. The molecule has 0 bridgehead atoms. The molecule has 0 N–H and O–H groups in total. The van der Waals surface area contributed by atoms with Gasteiger partial charge in [-0.05, 0) is 160 Å². The van der Waals surface area contributed by atoms with E-state index in [0.717, 1.165) is 133 Å². The number of carboxylic acid groups (broad SMARTS) is 4. The van der Waals surface area contributed by atoms with Gasteiger partial charge in [0.05, 0.1) is 36.0 Å². The summed E-state index contributed by atoms with van der Waals surface area (Å²) in [5, 5.41) is 35.6. The fraction of sp³-hybridized carbons (Fsp3) is 0.343. The van der Waals surface area contributed by atoms with Gasteiger partial charge in [0.1, 0.15) is 11.5 Å². The van der Waals surface area contributed by atoms with Crippen LogP contribution in [0.15, 0.2) is 171 Å². The molecule has 456 valence electrons. The largest absolute Gasteiger partial charge is 2.00 e. The molecule has 16 nitrogen and oxygen atoms in total. The van der Waals surface area contributed by atoms with Crippen molar-refractivity contribution in [3.05, 3.63) is 171 Å². The van der Waals surface area contributed by atoms with Crippen molar-refractivity contribution in [2.24, 2.45) is 0 Å².